The zero-order valence-corrected chi connectivity index (χ0v) is 14.6. The van der Waals surface area contributed by atoms with Crippen molar-refractivity contribution in [3.8, 4) is 0 Å². The Hall–Kier alpha value is -1.95. The Kier molecular flexibility index (Phi) is 5.14. The second-order valence-electron chi connectivity index (χ2n) is 6.67. The van der Waals surface area contributed by atoms with Gasteiger partial charge in [0.25, 0.3) is 0 Å². The first-order valence-corrected chi connectivity index (χ1v) is 8.80. The fraction of sp³-hybridized carbons (Fsp3) is 0.611. The Balaban J connectivity index is 1.75. The van der Waals surface area contributed by atoms with E-state index in [1.807, 2.05) is 17.0 Å². The molecule has 3 heterocycles. The van der Waals surface area contributed by atoms with E-state index in [2.05, 4.69) is 16.8 Å². The molecular formula is C18H26N4O2. The SMILES string of the molecule is CCCN1CCN(C(=O)C2CN(C(C)=O)Cc3cccnc32)CC1. The summed E-state index contributed by atoms with van der Waals surface area (Å²) in [4.78, 5) is 35.5. The molecule has 0 radical (unpaired) electrons. The predicted octanol–water partition coefficient (Wildman–Crippen LogP) is 1.08. The highest BCUT2D eigenvalue weighted by Crippen LogP contribution is 2.28. The molecule has 6 nitrogen and oxygen atoms in total. The molecule has 0 aliphatic carbocycles. The van der Waals surface area contributed by atoms with Crippen molar-refractivity contribution in [1.82, 2.24) is 19.7 Å². The molecular weight excluding hydrogens is 304 g/mol. The van der Waals surface area contributed by atoms with Gasteiger partial charge in [0, 0.05) is 52.4 Å². The van der Waals surface area contributed by atoms with Crippen LogP contribution in [0.1, 0.15) is 37.4 Å². The fourth-order valence-corrected chi connectivity index (χ4v) is 3.64. The van der Waals surface area contributed by atoms with Crippen molar-refractivity contribution >= 4 is 11.8 Å². The number of hydrogen-bond donors (Lipinski definition) is 0. The Morgan fingerprint density at radius 2 is 1.96 bits per heavy atom. The van der Waals surface area contributed by atoms with Gasteiger partial charge < -0.3 is 9.80 Å². The molecule has 6 heteroatoms. The third-order valence-corrected chi connectivity index (χ3v) is 4.99. The molecule has 2 amide bonds. The Labute approximate surface area is 143 Å². The first-order chi connectivity index (χ1) is 11.6. The summed E-state index contributed by atoms with van der Waals surface area (Å²) < 4.78 is 0. The molecule has 1 fully saturated rings. The zero-order valence-electron chi connectivity index (χ0n) is 14.6. The van der Waals surface area contributed by atoms with E-state index in [-0.39, 0.29) is 17.7 Å². The maximum absolute atomic E-state index is 13.1. The molecule has 1 unspecified atom stereocenters. The number of aromatic nitrogens is 1. The lowest BCUT2D eigenvalue weighted by Gasteiger charge is -2.39. The van der Waals surface area contributed by atoms with Gasteiger partial charge in [-0.1, -0.05) is 13.0 Å². The van der Waals surface area contributed by atoms with Crippen molar-refractivity contribution in [2.24, 2.45) is 0 Å². The van der Waals surface area contributed by atoms with Crippen molar-refractivity contribution in [1.29, 1.82) is 0 Å². The van der Waals surface area contributed by atoms with Crippen LogP contribution in [-0.2, 0) is 16.1 Å². The van der Waals surface area contributed by atoms with Crippen LogP contribution in [0, 0.1) is 0 Å². The lowest BCUT2D eigenvalue weighted by Crippen LogP contribution is -2.52. The van der Waals surface area contributed by atoms with Crippen LogP contribution in [0.2, 0.25) is 0 Å². The van der Waals surface area contributed by atoms with E-state index in [9.17, 15) is 9.59 Å². The van der Waals surface area contributed by atoms with Crippen molar-refractivity contribution in [3.05, 3.63) is 29.6 Å². The van der Waals surface area contributed by atoms with E-state index >= 15 is 0 Å². The van der Waals surface area contributed by atoms with Crippen LogP contribution < -0.4 is 0 Å². The van der Waals surface area contributed by atoms with Crippen LogP contribution in [0.5, 0.6) is 0 Å². The number of carbonyl (C=O) groups is 2. The van der Waals surface area contributed by atoms with E-state index in [4.69, 9.17) is 0 Å². The quantitative estimate of drug-likeness (QED) is 0.832. The molecule has 3 rings (SSSR count). The van der Waals surface area contributed by atoms with Crippen LogP contribution in [0.3, 0.4) is 0 Å². The van der Waals surface area contributed by atoms with Crippen LogP contribution in [0.4, 0.5) is 0 Å². The molecule has 24 heavy (non-hydrogen) atoms. The zero-order chi connectivity index (χ0) is 17.1. The normalized spacial score (nSPS) is 21.5. The van der Waals surface area contributed by atoms with E-state index < -0.39 is 0 Å². The van der Waals surface area contributed by atoms with Crippen molar-refractivity contribution in [2.45, 2.75) is 32.7 Å². The number of pyridine rings is 1. The number of hydrogen-bond acceptors (Lipinski definition) is 4. The monoisotopic (exact) mass is 330 g/mol. The van der Waals surface area contributed by atoms with Crippen LogP contribution in [0.25, 0.3) is 0 Å². The van der Waals surface area contributed by atoms with Gasteiger partial charge in [-0.15, -0.1) is 0 Å². The van der Waals surface area contributed by atoms with Gasteiger partial charge in [-0.2, -0.15) is 0 Å². The van der Waals surface area contributed by atoms with Crippen molar-refractivity contribution in [3.63, 3.8) is 0 Å². The van der Waals surface area contributed by atoms with Crippen LogP contribution in [-0.4, -0.2) is 70.8 Å². The summed E-state index contributed by atoms with van der Waals surface area (Å²) in [5.74, 6) is -0.219. The van der Waals surface area contributed by atoms with Gasteiger partial charge in [0.15, 0.2) is 0 Å². The number of nitrogens with zero attached hydrogens (tertiary/aromatic N) is 4. The lowest BCUT2D eigenvalue weighted by atomic mass is 9.93. The summed E-state index contributed by atoms with van der Waals surface area (Å²) in [6.45, 7) is 9.20. The largest absolute Gasteiger partial charge is 0.339 e. The highest BCUT2D eigenvalue weighted by atomic mass is 16.2. The molecule has 0 spiro atoms. The van der Waals surface area contributed by atoms with Crippen LogP contribution in [0.15, 0.2) is 18.3 Å². The molecule has 2 aliphatic heterocycles. The van der Waals surface area contributed by atoms with Gasteiger partial charge in [0.05, 0.1) is 11.6 Å². The molecule has 1 atom stereocenters. The number of carbonyl (C=O) groups excluding carboxylic acids is 2. The van der Waals surface area contributed by atoms with Crippen molar-refractivity contribution < 1.29 is 9.59 Å². The highest BCUT2D eigenvalue weighted by molar-refractivity contribution is 5.85. The summed E-state index contributed by atoms with van der Waals surface area (Å²) in [6.07, 6.45) is 2.88. The number of fused-ring (bicyclic) bond motifs is 1. The first kappa shape index (κ1) is 16.9. The maximum atomic E-state index is 13.1. The second-order valence-corrected chi connectivity index (χ2v) is 6.67. The Bertz CT molecular complexity index is 611. The number of amides is 2. The van der Waals surface area contributed by atoms with Gasteiger partial charge in [-0.25, -0.2) is 0 Å². The average Bonchev–Trinajstić information content (AvgIpc) is 2.61. The third kappa shape index (κ3) is 3.43. The lowest BCUT2D eigenvalue weighted by molar-refractivity contribution is -0.137. The molecule has 0 aromatic carbocycles. The molecule has 130 valence electrons. The van der Waals surface area contributed by atoms with Gasteiger partial charge in [0.2, 0.25) is 11.8 Å². The fourth-order valence-electron chi connectivity index (χ4n) is 3.64. The second kappa shape index (κ2) is 7.30. The van der Waals surface area contributed by atoms with Crippen molar-refractivity contribution in [2.75, 3.05) is 39.3 Å². The van der Waals surface area contributed by atoms with E-state index in [1.165, 1.54) is 0 Å². The summed E-state index contributed by atoms with van der Waals surface area (Å²) in [7, 11) is 0. The molecule has 0 saturated carbocycles. The minimum Gasteiger partial charge on any atom is -0.339 e. The standard InChI is InChI=1S/C18H26N4O2/c1-3-7-20-8-10-21(11-9-20)18(24)16-13-22(14(2)23)12-15-5-4-6-19-17(15)16/h4-6,16H,3,7-13H2,1-2H3. The average molecular weight is 330 g/mol. The van der Waals surface area contributed by atoms with E-state index in [1.54, 1.807) is 18.0 Å². The Morgan fingerprint density at radius 1 is 1.21 bits per heavy atom. The van der Waals surface area contributed by atoms with Crippen LogP contribution >= 0.6 is 0 Å². The third-order valence-electron chi connectivity index (χ3n) is 4.99. The first-order valence-electron chi connectivity index (χ1n) is 8.80. The maximum Gasteiger partial charge on any atom is 0.233 e. The summed E-state index contributed by atoms with van der Waals surface area (Å²) in [5.41, 5.74) is 1.83. The minimum atomic E-state index is -0.337. The van der Waals surface area contributed by atoms with Gasteiger partial charge in [0.1, 0.15) is 0 Å². The minimum absolute atomic E-state index is 0.00932. The molecule has 1 saturated heterocycles. The number of piperazine rings is 1. The molecule has 2 aliphatic rings. The Morgan fingerprint density at radius 3 is 2.62 bits per heavy atom. The predicted molar refractivity (Wildman–Crippen MR) is 91.4 cm³/mol. The van der Waals surface area contributed by atoms with Gasteiger partial charge >= 0.3 is 0 Å². The van der Waals surface area contributed by atoms with E-state index in [0.717, 1.165) is 50.4 Å². The summed E-state index contributed by atoms with van der Waals surface area (Å²) >= 11 is 0. The highest BCUT2D eigenvalue weighted by Gasteiger charge is 2.36. The van der Waals surface area contributed by atoms with Gasteiger partial charge in [-0.3, -0.25) is 19.5 Å². The van der Waals surface area contributed by atoms with Gasteiger partial charge in [-0.05, 0) is 24.6 Å². The summed E-state index contributed by atoms with van der Waals surface area (Å²) in [6, 6.07) is 3.84. The number of rotatable bonds is 3. The summed E-state index contributed by atoms with van der Waals surface area (Å²) in [5, 5.41) is 0. The molecule has 0 N–H and O–H groups in total. The molecule has 1 aromatic heterocycles. The smallest absolute Gasteiger partial charge is 0.233 e. The topological polar surface area (TPSA) is 56.8 Å². The molecule has 0 bridgehead atoms. The van der Waals surface area contributed by atoms with E-state index in [0.29, 0.717) is 13.1 Å². The molecule has 1 aromatic rings.